The van der Waals surface area contributed by atoms with Crippen molar-refractivity contribution in [1.29, 1.82) is 0 Å². The number of benzene rings is 1. The number of amides is 1. The molecule has 114 valence electrons. The average Bonchev–Trinajstić information content (AvgIpc) is 2.43. The van der Waals surface area contributed by atoms with E-state index in [0.29, 0.717) is 0 Å². The molecule has 1 aliphatic rings. The minimum Gasteiger partial charge on any atom is -0.340 e. The average molecular weight is 295 g/mol. The molecule has 1 amide bonds. The first-order valence-electron chi connectivity index (χ1n) is 7.73. The van der Waals surface area contributed by atoms with Gasteiger partial charge < -0.3 is 10.6 Å². The third kappa shape index (κ3) is 3.27. The van der Waals surface area contributed by atoms with Gasteiger partial charge in [-0.25, -0.2) is 4.98 Å². The summed E-state index contributed by atoms with van der Waals surface area (Å²) in [4.78, 5) is 16.3. The van der Waals surface area contributed by atoms with Crippen LogP contribution >= 0.6 is 0 Å². The normalized spacial score (nSPS) is 14.3. The molecule has 0 unspecified atom stereocenters. The van der Waals surface area contributed by atoms with Gasteiger partial charge in [0.25, 0.3) is 0 Å². The lowest BCUT2D eigenvalue weighted by Gasteiger charge is -2.23. The Bertz CT molecular complexity index is 675. The molecule has 4 nitrogen and oxygen atoms in total. The Morgan fingerprint density at radius 1 is 1.18 bits per heavy atom. The Balaban J connectivity index is 1.66. The van der Waals surface area contributed by atoms with Crippen LogP contribution in [-0.2, 0) is 4.79 Å². The van der Waals surface area contributed by atoms with Gasteiger partial charge in [-0.3, -0.25) is 4.79 Å². The largest absolute Gasteiger partial charge is 0.340 e. The first-order chi connectivity index (χ1) is 10.6. The predicted molar refractivity (Wildman–Crippen MR) is 89.4 cm³/mol. The monoisotopic (exact) mass is 295 g/mol. The van der Waals surface area contributed by atoms with Crippen LogP contribution in [0.5, 0.6) is 0 Å². The number of aromatic nitrogens is 1. The van der Waals surface area contributed by atoms with E-state index in [0.717, 1.165) is 36.5 Å². The third-order valence-electron chi connectivity index (χ3n) is 4.16. The van der Waals surface area contributed by atoms with Crippen LogP contribution in [0.1, 0.15) is 30.4 Å². The quantitative estimate of drug-likeness (QED) is 0.889. The molecule has 1 heterocycles. The summed E-state index contributed by atoms with van der Waals surface area (Å²) in [6.07, 6.45) is 4.87. The molecule has 1 aromatic carbocycles. The van der Waals surface area contributed by atoms with E-state index in [-0.39, 0.29) is 11.8 Å². The number of carbonyl (C=O) groups is 1. The molecule has 0 radical (unpaired) electrons. The number of aryl methyl sites for hydroxylation is 2. The molecule has 0 bridgehead atoms. The third-order valence-corrected chi connectivity index (χ3v) is 4.16. The van der Waals surface area contributed by atoms with Gasteiger partial charge in [0, 0.05) is 11.6 Å². The molecular weight excluding hydrogens is 274 g/mol. The summed E-state index contributed by atoms with van der Waals surface area (Å²) in [6.45, 7) is 4.13. The zero-order chi connectivity index (χ0) is 15.5. The fourth-order valence-electron chi connectivity index (χ4n) is 2.46. The molecule has 0 aliphatic heterocycles. The Hall–Kier alpha value is -2.36. The van der Waals surface area contributed by atoms with Crippen molar-refractivity contribution in [3.05, 3.63) is 47.7 Å². The number of hydrogen-bond acceptors (Lipinski definition) is 3. The van der Waals surface area contributed by atoms with Gasteiger partial charge in [0.05, 0.1) is 11.9 Å². The van der Waals surface area contributed by atoms with Crippen LogP contribution in [0.15, 0.2) is 36.5 Å². The molecular formula is C18H21N3O. The first kappa shape index (κ1) is 14.6. The molecule has 1 aliphatic carbocycles. The van der Waals surface area contributed by atoms with Crippen molar-refractivity contribution in [2.24, 2.45) is 5.92 Å². The van der Waals surface area contributed by atoms with Crippen molar-refractivity contribution < 1.29 is 4.79 Å². The number of pyridine rings is 1. The van der Waals surface area contributed by atoms with Crippen LogP contribution < -0.4 is 10.6 Å². The Kier molecular flexibility index (Phi) is 4.09. The van der Waals surface area contributed by atoms with Gasteiger partial charge in [0.2, 0.25) is 5.91 Å². The SMILES string of the molecule is Cc1ccc(C)c(Nc2ccc(NC(=O)C3CCC3)cn2)c1. The van der Waals surface area contributed by atoms with Crippen LogP contribution in [-0.4, -0.2) is 10.9 Å². The van der Waals surface area contributed by atoms with E-state index in [2.05, 4.69) is 47.7 Å². The van der Waals surface area contributed by atoms with E-state index in [1.807, 2.05) is 12.1 Å². The van der Waals surface area contributed by atoms with Gasteiger partial charge in [0.1, 0.15) is 5.82 Å². The van der Waals surface area contributed by atoms with Crippen molar-refractivity contribution >= 4 is 23.1 Å². The van der Waals surface area contributed by atoms with E-state index < -0.39 is 0 Å². The van der Waals surface area contributed by atoms with Gasteiger partial charge in [-0.1, -0.05) is 18.6 Å². The first-order valence-corrected chi connectivity index (χ1v) is 7.73. The number of rotatable bonds is 4. The van der Waals surface area contributed by atoms with Gasteiger partial charge in [-0.15, -0.1) is 0 Å². The zero-order valence-corrected chi connectivity index (χ0v) is 13.0. The van der Waals surface area contributed by atoms with Crippen LogP contribution in [0.25, 0.3) is 0 Å². The lowest BCUT2D eigenvalue weighted by atomic mass is 9.85. The minimum atomic E-state index is 0.114. The maximum absolute atomic E-state index is 11.9. The maximum atomic E-state index is 11.9. The number of carbonyl (C=O) groups excluding carboxylic acids is 1. The molecule has 0 atom stereocenters. The summed E-state index contributed by atoms with van der Waals surface area (Å²) in [5.41, 5.74) is 4.19. The van der Waals surface area contributed by atoms with Crippen molar-refractivity contribution in [3.8, 4) is 0 Å². The Morgan fingerprint density at radius 3 is 2.64 bits per heavy atom. The minimum absolute atomic E-state index is 0.114. The highest BCUT2D eigenvalue weighted by atomic mass is 16.1. The van der Waals surface area contributed by atoms with Crippen molar-refractivity contribution in [2.45, 2.75) is 33.1 Å². The van der Waals surface area contributed by atoms with E-state index in [4.69, 9.17) is 0 Å². The fraction of sp³-hybridized carbons (Fsp3) is 0.333. The smallest absolute Gasteiger partial charge is 0.227 e. The molecule has 1 saturated carbocycles. The highest BCUT2D eigenvalue weighted by molar-refractivity contribution is 5.92. The van der Waals surface area contributed by atoms with Gasteiger partial charge >= 0.3 is 0 Å². The van der Waals surface area contributed by atoms with E-state index in [1.165, 1.54) is 11.1 Å². The molecule has 22 heavy (non-hydrogen) atoms. The lowest BCUT2D eigenvalue weighted by molar-refractivity contribution is -0.122. The highest BCUT2D eigenvalue weighted by Gasteiger charge is 2.25. The lowest BCUT2D eigenvalue weighted by Crippen LogP contribution is -2.28. The number of hydrogen-bond donors (Lipinski definition) is 2. The second-order valence-electron chi connectivity index (χ2n) is 5.99. The Labute approximate surface area is 131 Å². The molecule has 2 N–H and O–H groups in total. The Morgan fingerprint density at radius 2 is 2.00 bits per heavy atom. The molecule has 1 fully saturated rings. The maximum Gasteiger partial charge on any atom is 0.227 e. The summed E-state index contributed by atoms with van der Waals surface area (Å²) in [5, 5.41) is 6.24. The van der Waals surface area contributed by atoms with Crippen LogP contribution in [0.3, 0.4) is 0 Å². The molecule has 4 heteroatoms. The van der Waals surface area contributed by atoms with Gasteiger partial charge in [0.15, 0.2) is 0 Å². The summed E-state index contributed by atoms with van der Waals surface area (Å²) >= 11 is 0. The van der Waals surface area contributed by atoms with Crippen molar-refractivity contribution in [1.82, 2.24) is 4.98 Å². The second kappa shape index (κ2) is 6.18. The summed E-state index contributed by atoms with van der Waals surface area (Å²) < 4.78 is 0. The van der Waals surface area contributed by atoms with E-state index >= 15 is 0 Å². The summed E-state index contributed by atoms with van der Waals surface area (Å²) in [7, 11) is 0. The number of anilines is 3. The van der Waals surface area contributed by atoms with Gasteiger partial charge in [-0.2, -0.15) is 0 Å². The summed E-state index contributed by atoms with van der Waals surface area (Å²) in [5.74, 6) is 1.08. The van der Waals surface area contributed by atoms with Crippen molar-refractivity contribution in [2.75, 3.05) is 10.6 Å². The second-order valence-corrected chi connectivity index (χ2v) is 5.99. The fourth-order valence-corrected chi connectivity index (χ4v) is 2.46. The van der Waals surface area contributed by atoms with Gasteiger partial charge in [-0.05, 0) is 56.0 Å². The molecule has 0 saturated heterocycles. The topological polar surface area (TPSA) is 54.0 Å². The molecule has 1 aromatic heterocycles. The predicted octanol–water partition coefficient (Wildman–Crippen LogP) is 4.18. The standard InChI is InChI=1S/C18H21N3O/c1-12-6-7-13(2)16(10-12)21-17-9-8-15(11-19-17)20-18(22)14-4-3-5-14/h6-11,14H,3-5H2,1-2H3,(H,19,21)(H,20,22). The van der Waals surface area contributed by atoms with Crippen LogP contribution in [0.4, 0.5) is 17.2 Å². The molecule has 0 spiro atoms. The molecule has 2 aromatic rings. The van der Waals surface area contributed by atoms with Crippen molar-refractivity contribution in [3.63, 3.8) is 0 Å². The van der Waals surface area contributed by atoms with E-state index in [1.54, 1.807) is 6.20 Å². The summed E-state index contributed by atoms with van der Waals surface area (Å²) in [6, 6.07) is 10.1. The van der Waals surface area contributed by atoms with Crippen LogP contribution in [0.2, 0.25) is 0 Å². The van der Waals surface area contributed by atoms with E-state index in [9.17, 15) is 4.79 Å². The zero-order valence-electron chi connectivity index (χ0n) is 13.0. The molecule has 3 rings (SSSR count). The highest BCUT2D eigenvalue weighted by Crippen LogP contribution is 2.27. The van der Waals surface area contributed by atoms with Crippen LogP contribution in [0, 0.1) is 19.8 Å². The number of nitrogens with zero attached hydrogens (tertiary/aromatic N) is 1. The number of nitrogens with one attached hydrogen (secondary N) is 2.